The number of benzene rings is 2. The lowest BCUT2D eigenvalue weighted by molar-refractivity contribution is 0.498. The Morgan fingerprint density at radius 1 is 1.15 bits per heavy atom. The minimum Gasteiger partial charge on any atom is -0.271 e. The molecule has 0 spiro atoms. The van der Waals surface area contributed by atoms with E-state index in [9.17, 15) is 0 Å². The molecule has 2 aromatic rings. The fourth-order valence-electron chi connectivity index (χ4n) is 2.23. The van der Waals surface area contributed by atoms with Crippen molar-refractivity contribution in [3.8, 4) is 0 Å². The summed E-state index contributed by atoms with van der Waals surface area (Å²) in [6, 6.07) is 16.8. The third-order valence-electron chi connectivity index (χ3n) is 3.35. The molecular formula is C16H18ClIN2. The van der Waals surface area contributed by atoms with Gasteiger partial charge >= 0.3 is 0 Å². The number of nitrogens with one attached hydrogen (secondary N) is 1. The van der Waals surface area contributed by atoms with Crippen LogP contribution in [-0.4, -0.2) is 0 Å². The van der Waals surface area contributed by atoms with Crippen molar-refractivity contribution in [2.75, 3.05) is 0 Å². The van der Waals surface area contributed by atoms with Crippen molar-refractivity contribution in [3.63, 3.8) is 0 Å². The summed E-state index contributed by atoms with van der Waals surface area (Å²) in [7, 11) is 0. The second-order valence-electron chi connectivity index (χ2n) is 4.77. The molecule has 0 bridgehead atoms. The van der Waals surface area contributed by atoms with Gasteiger partial charge in [0.1, 0.15) is 0 Å². The summed E-state index contributed by atoms with van der Waals surface area (Å²) in [6.07, 6.45) is 3.14. The van der Waals surface area contributed by atoms with Gasteiger partial charge in [0.15, 0.2) is 0 Å². The highest BCUT2D eigenvalue weighted by molar-refractivity contribution is 14.1. The van der Waals surface area contributed by atoms with Gasteiger partial charge in [0, 0.05) is 9.61 Å². The van der Waals surface area contributed by atoms with Gasteiger partial charge in [0.05, 0.1) is 5.02 Å². The van der Waals surface area contributed by atoms with E-state index in [2.05, 4.69) is 58.3 Å². The van der Waals surface area contributed by atoms with Crippen LogP contribution in [0.1, 0.15) is 30.0 Å². The fraction of sp³-hybridized carbons (Fsp3) is 0.250. The van der Waals surface area contributed by atoms with Gasteiger partial charge in [-0.3, -0.25) is 11.3 Å². The smallest absolute Gasteiger partial charge is 0.0542 e. The van der Waals surface area contributed by atoms with Crippen LogP contribution in [0.25, 0.3) is 0 Å². The normalized spacial score (nSPS) is 12.3. The molecule has 4 heteroatoms. The molecule has 0 amide bonds. The monoisotopic (exact) mass is 400 g/mol. The summed E-state index contributed by atoms with van der Waals surface area (Å²) in [6.45, 7) is 0. The first kappa shape index (κ1) is 15.8. The van der Waals surface area contributed by atoms with Crippen LogP contribution in [0.15, 0.2) is 48.5 Å². The number of rotatable bonds is 6. The number of nitrogens with two attached hydrogens (primary N) is 1. The van der Waals surface area contributed by atoms with Crippen LogP contribution < -0.4 is 11.3 Å². The Hall–Kier alpha value is -0.620. The molecule has 106 valence electrons. The fourth-order valence-corrected chi connectivity index (χ4v) is 2.75. The number of hydrogen-bond acceptors (Lipinski definition) is 2. The van der Waals surface area contributed by atoms with E-state index in [1.807, 2.05) is 18.2 Å². The first-order chi connectivity index (χ1) is 9.70. The van der Waals surface area contributed by atoms with Crippen LogP contribution in [0, 0.1) is 3.57 Å². The van der Waals surface area contributed by atoms with E-state index in [0.717, 1.165) is 33.4 Å². The van der Waals surface area contributed by atoms with Gasteiger partial charge in [0.25, 0.3) is 0 Å². The molecule has 0 aliphatic carbocycles. The van der Waals surface area contributed by atoms with Gasteiger partial charge in [-0.25, -0.2) is 0 Å². The van der Waals surface area contributed by atoms with E-state index < -0.39 is 0 Å². The molecule has 1 atom stereocenters. The largest absolute Gasteiger partial charge is 0.271 e. The molecule has 0 saturated heterocycles. The summed E-state index contributed by atoms with van der Waals surface area (Å²) in [4.78, 5) is 0. The molecule has 2 rings (SSSR count). The second-order valence-corrected chi connectivity index (χ2v) is 6.34. The van der Waals surface area contributed by atoms with E-state index in [-0.39, 0.29) is 6.04 Å². The lowest BCUT2D eigenvalue weighted by atomic mass is 9.99. The van der Waals surface area contributed by atoms with Gasteiger partial charge in [0.2, 0.25) is 0 Å². The Morgan fingerprint density at radius 3 is 2.55 bits per heavy atom. The standard InChI is InChI=1S/C16H18ClIN2/c17-14-11-13(9-10-15(14)18)16(20-19)8-4-7-12-5-2-1-3-6-12/h1-3,5-6,9-11,16,20H,4,7-8,19H2. The lowest BCUT2D eigenvalue weighted by Gasteiger charge is -2.17. The highest BCUT2D eigenvalue weighted by Crippen LogP contribution is 2.25. The van der Waals surface area contributed by atoms with Crippen LogP contribution in [0.4, 0.5) is 0 Å². The first-order valence-electron chi connectivity index (χ1n) is 6.65. The second kappa shape index (κ2) is 7.98. The average Bonchev–Trinajstić information content (AvgIpc) is 2.48. The zero-order valence-electron chi connectivity index (χ0n) is 11.2. The maximum absolute atomic E-state index is 6.17. The van der Waals surface area contributed by atoms with Crippen molar-refractivity contribution in [2.24, 2.45) is 5.84 Å². The molecule has 0 radical (unpaired) electrons. The van der Waals surface area contributed by atoms with Crippen molar-refractivity contribution < 1.29 is 0 Å². The van der Waals surface area contributed by atoms with E-state index >= 15 is 0 Å². The Balaban J connectivity index is 1.93. The van der Waals surface area contributed by atoms with Crippen LogP contribution in [0.2, 0.25) is 5.02 Å². The van der Waals surface area contributed by atoms with E-state index in [1.165, 1.54) is 5.56 Å². The van der Waals surface area contributed by atoms with Gasteiger partial charge < -0.3 is 0 Å². The van der Waals surface area contributed by atoms with Crippen molar-refractivity contribution in [1.29, 1.82) is 0 Å². The summed E-state index contributed by atoms with van der Waals surface area (Å²) < 4.78 is 1.06. The Bertz CT molecular complexity index is 545. The molecule has 0 saturated carbocycles. The summed E-state index contributed by atoms with van der Waals surface area (Å²) in [5.74, 6) is 5.68. The molecule has 0 aliphatic heterocycles. The minimum atomic E-state index is 0.146. The Morgan fingerprint density at radius 2 is 1.90 bits per heavy atom. The van der Waals surface area contributed by atoms with Gasteiger partial charge in [-0.15, -0.1) is 0 Å². The molecule has 2 aromatic carbocycles. The minimum absolute atomic E-state index is 0.146. The van der Waals surface area contributed by atoms with E-state index in [1.54, 1.807) is 0 Å². The molecular weight excluding hydrogens is 383 g/mol. The Labute approximate surface area is 138 Å². The van der Waals surface area contributed by atoms with E-state index in [0.29, 0.717) is 0 Å². The molecule has 0 aliphatic rings. The number of hydrazine groups is 1. The van der Waals surface area contributed by atoms with Crippen molar-refractivity contribution >= 4 is 34.2 Å². The van der Waals surface area contributed by atoms with E-state index in [4.69, 9.17) is 17.4 Å². The molecule has 2 nitrogen and oxygen atoms in total. The average molecular weight is 401 g/mol. The molecule has 3 N–H and O–H groups in total. The summed E-state index contributed by atoms with van der Waals surface area (Å²) >= 11 is 8.40. The van der Waals surface area contributed by atoms with Crippen LogP contribution in [0.3, 0.4) is 0 Å². The van der Waals surface area contributed by atoms with Crippen LogP contribution in [0.5, 0.6) is 0 Å². The molecule has 0 aromatic heterocycles. The van der Waals surface area contributed by atoms with Crippen molar-refractivity contribution in [3.05, 3.63) is 68.3 Å². The zero-order chi connectivity index (χ0) is 14.4. The lowest BCUT2D eigenvalue weighted by Crippen LogP contribution is -2.28. The van der Waals surface area contributed by atoms with Gasteiger partial charge in [-0.1, -0.05) is 48.0 Å². The van der Waals surface area contributed by atoms with Crippen LogP contribution in [-0.2, 0) is 6.42 Å². The topological polar surface area (TPSA) is 38.0 Å². The quantitative estimate of drug-likeness (QED) is 0.426. The zero-order valence-corrected chi connectivity index (χ0v) is 14.1. The summed E-state index contributed by atoms with van der Waals surface area (Å²) in [5.41, 5.74) is 5.40. The molecule has 0 fully saturated rings. The predicted molar refractivity (Wildman–Crippen MR) is 93.6 cm³/mol. The Kier molecular flexibility index (Phi) is 6.29. The SMILES string of the molecule is NNC(CCCc1ccccc1)c1ccc(I)c(Cl)c1. The highest BCUT2D eigenvalue weighted by Gasteiger charge is 2.11. The van der Waals surface area contributed by atoms with Crippen LogP contribution >= 0.6 is 34.2 Å². The van der Waals surface area contributed by atoms with Gasteiger partial charge in [-0.2, -0.15) is 0 Å². The maximum atomic E-state index is 6.17. The highest BCUT2D eigenvalue weighted by atomic mass is 127. The number of aryl methyl sites for hydroxylation is 1. The third kappa shape index (κ3) is 4.45. The van der Waals surface area contributed by atoms with Gasteiger partial charge in [-0.05, 0) is 65.1 Å². The summed E-state index contributed by atoms with van der Waals surface area (Å²) in [5, 5.41) is 0.784. The first-order valence-corrected chi connectivity index (χ1v) is 8.11. The molecule has 0 heterocycles. The molecule has 20 heavy (non-hydrogen) atoms. The number of hydrogen-bond donors (Lipinski definition) is 2. The molecule has 1 unspecified atom stereocenters. The van der Waals surface area contributed by atoms with Crippen molar-refractivity contribution in [2.45, 2.75) is 25.3 Å². The van der Waals surface area contributed by atoms with Crippen molar-refractivity contribution in [1.82, 2.24) is 5.43 Å². The maximum Gasteiger partial charge on any atom is 0.0542 e. The number of halogens is 2. The third-order valence-corrected chi connectivity index (χ3v) is 4.92. The predicted octanol–water partition coefficient (Wildman–Crippen LogP) is 4.47.